The van der Waals surface area contributed by atoms with E-state index in [1.54, 1.807) is 0 Å². The average molecular weight is 246 g/mol. The Hall–Kier alpha value is -1.80. The quantitative estimate of drug-likeness (QED) is 0.506. The van der Waals surface area contributed by atoms with Crippen LogP contribution < -0.4 is 11.1 Å². The smallest absolute Gasteiger partial charge is 0.292 e. The average Bonchev–Trinajstić information content (AvgIpc) is 2.49. The van der Waals surface area contributed by atoms with Crippen LogP contribution in [0.15, 0.2) is 11.5 Å². The van der Waals surface area contributed by atoms with Gasteiger partial charge in [0.05, 0.1) is 14.2 Å². The third kappa shape index (κ3) is 1.92. The third-order valence-electron chi connectivity index (χ3n) is 2.34. The second kappa shape index (κ2) is 4.60. The minimum absolute atomic E-state index is 0.238. The van der Waals surface area contributed by atoms with Crippen LogP contribution in [0.3, 0.4) is 0 Å². The molecular formula is C9H14N2O6. The minimum atomic E-state index is -2.17. The number of ether oxygens (including phenoxy) is 3. The summed E-state index contributed by atoms with van der Waals surface area (Å²) in [4.78, 5) is 22.6. The Kier molecular flexibility index (Phi) is 3.59. The third-order valence-corrected chi connectivity index (χ3v) is 2.34. The lowest BCUT2D eigenvalue weighted by molar-refractivity contribution is -0.152. The molecule has 0 aromatic rings. The van der Waals surface area contributed by atoms with Crippen LogP contribution >= 0.6 is 0 Å². The number of carbonyl (C=O) groups is 2. The Morgan fingerprint density at radius 2 is 2.00 bits per heavy atom. The van der Waals surface area contributed by atoms with E-state index in [1.807, 2.05) is 0 Å². The summed E-state index contributed by atoms with van der Waals surface area (Å²) in [5.41, 5.74) is 2.90. The summed E-state index contributed by atoms with van der Waals surface area (Å²) in [7, 11) is 3.61. The summed E-state index contributed by atoms with van der Waals surface area (Å²) in [6.45, 7) is 0. The van der Waals surface area contributed by atoms with Gasteiger partial charge in [0.2, 0.25) is 11.5 Å². The van der Waals surface area contributed by atoms with Crippen molar-refractivity contribution in [2.24, 2.45) is 5.73 Å². The molecule has 1 aliphatic rings. The van der Waals surface area contributed by atoms with Crippen molar-refractivity contribution in [3.8, 4) is 0 Å². The number of primary amides is 1. The summed E-state index contributed by atoms with van der Waals surface area (Å²) < 4.78 is 14.4. The van der Waals surface area contributed by atoms with Gasteiger partial charge in [-0.15, -0.1) is 0 Å². The molecule has 1 aliphatic heterocycles. The molecule has 2 amide bonds. The van der Waals surface area contributed by atoms with Gasteiger partial charge in [-0.1, -0.05) is 0 Å². The number of hydrogen-bond acceptors (Lipinski definition) is 6. The number of methoxy groups -OCH3 is 3. The number of carbonyl (C=O) groups excluding carboxylic acids is 2. The standard InChI is InChI=1S/C9H14N2O6/c1-15-4-5(16-2)9(14,11-8(4)13)6(17-3)7(10)12/h6,14H,1-3H3,(H2,10,12)(H,11,13)/t6-,9-/m1/s1. The van der Waals surface area contributed by atoms with E-state index in [0.717, 1.165) is 7.11 Å². The lowest BCUT2D eigenvalue weighted by Gasteiger charge is -2.29. The van der Waals surface area contributed by atoms with Crippen LogP contribution in [0.1, 0.15) is 0 Å². The van der Waals surface area contributed by atoms with Crippen molar-refractivity contribution in [2.75, 3.05) is 21.3 Å². The number of hydrogen-bond donors (Lipinski definition) is 3. The second-order valence-corrected chi connectivity index (χ2v) is 3.31. The van der Waals surface area contributed by atoms with E-state index < -0.39 is 23.6 Å². The number of nitrogens with one attached hydrogen (secondary N) is 1. The highest BCUT2D eigenvalue weighted by Crippen LogP contribution is 2.30. The van der Waals surface area contributed by atoms with E-state index in [4.69, 9.17) is 19.9 Å². The first kappa shape index (κ1) is 13.3. The van der Waals surface area contributed by atoms with Gasteiger partial charge in [-0.25, -0.2) is 0 Å². The Labute approximate surface area is 97.3 Å². The highest BCUT2D eigenvalue weighted by Gasteiger charge is 2.54. The predicted octanol–water partition coefficient (Wildman–Crippen LogP) is -2.19. The maximum absolute atomic E-state index is 11.5. The number of amides is 2. The Morgan fingerprint density at radius 1 is 1.41 bits per heavy atom. The van der Waals surface area contributed by atoms with Crippen LogP contribution in [-0.4, -0.2) is 50.1 Å². The maximum atomic E-state index is 11.5. The SMILES string of the molecule is COC1=C(OC)[C@@](O)([C@H](OC)C(N)=O)NC1=O. The van der Waals surface area contributed by atoms with Crippen LogP contribution in [0.5, 0.6) is 0 Å². The molecule has 1 heterocycles. The van der Waals surface area contributed by atoms with Crippen molar-refractivity contribution in [2.45, 2.75) is 11.8 Å². The summed E-state index contributed by atoms with van der Waals surface area (Å²) in [5.74, 6) is -2.17. The summed E-state index contributed by atoms with van der Waals surface area (Å²) >= 11 is 0. The molecule has 0 spiro atoms. The molecule has 8 nitrogen and oxygen atoms in total. The van der Waals surface area contributed by atoms with E-state index in [0.29, 0.717) is 0 Å². The molecule has 4 N–H and O–H groups in total. The lowest BCUT2D eigenvalue weighted by Crippen LogP contribution is -2.59. The number of nitrogens with two attached hydrogens (primary N) is 1. The molecule has 0 aromatic carbocycles. The van der Waals surface area contributed by atoms with Crippen LogP contribution in [0.2, 0.25) is 0 Å². The zero-order chi connectivity index (χ0) is 13.2. The van der Waals surface area contributed by atoms with Crippen LogP contribution in [0, 0.1) is 0 Å². The van der Waals surface area contributed by atoms with E-state index in [9.17, 15) is 14.7 Å². The van der Waals surface area contributed by atoms with Gasteiger partial charge in [-0.2, -0.15) is 0 Å². The predicted molar refractivity (Wildman–Crippen MR) is 54.1 cm³/mol. The van der Waals surface area contributed by atoms with Gasteiger partial charge in [-0.05, 0) is 0 Å². The van der Waals surface area contributed by atoms with Crippen LogP contribution in [0.4, 0.5) is 0 Å². The lowest BCUT2D eigenvalue weighted by atomic mass is 10.1. The molecule has 0 aromatic heterocycles. The zero-order valence-electron chi connectivity index (χ0n) is 9.64. The van der Waals surface area contributed by atoms with Crippen molar-refractivity contribution < 1.29 is 28.9 Å². The Bertz CT molecular complexity index is 380. The van der Waals surface area contributed by atoms with Crippen LogP contribution in [-0.2, 0) is 23.8 Å². The fourth-order valence-corrected chi connectivity index (χ4v) is 1.67. The van der Waals surface area contributed by atoms with Crippen molar-refractivity contribution in [1.29, 1.82) is 0 Å². The molecule has 1 rings (SSSR count). The largest absolute Gasteiger partial charge is 0.492 e. The van der Waals surface area contributed by atoms with Crippen molar-refractivity contribution in [3.05, 3.63) is 11.5 Å². The molecule has 0 fully saturated rings. The minimum Gasteiger partial charge on any atom is -0.492 e. The zero-order valence-corrected chi connectivity index (χ0v) is 9.64. The fourth-order valence-electron chi connectivity index (χ4n) is 1.67. The molecule has 17 heavy (non-hydrogen) atoms. The van der Waals surface area contributed by atoms with Gasteiger partial charge in [-0.3, -0.25) is 9.59 Å². The Balaban J connectivity index is 3.25. The van der Waals surface area contributed by atoms with Gasteiger partial charge in [0.1, 0.15) is 0 Å². The molecule has 2 atom stereocenters. The first-order valence-electron chi connectivity index (χ1n) is 4.62. The van der Waals surface area contributed by atoms with E-state index in [2.05, 4.69) is 5.32 Å². The van der Waals surface area contributed by atoms with Gasteiger partial charge < -0.3 is 30.4 Å². The van der Waals surface area contributed by atoms with E-state index >= 15 is 0 Å². The van der Waals surface area contributed by atoms with Gasteiger partial charge in [0, 0.05) is 7.11 Å². The van der Waals surface area contributed by atoms with E-state index in [1.165, 1.54) is 14.2 Å². The summed E-state index contributed by atoms with van der Waals surface area (Å²) in [6.07, 6.45) is -1.49. The Morgan fingerprint density at radius 3 is 2.35 bits per heavy atom. The number of aliphatic hydroxyl groups is 1. The van der Waals surface area contributed by atoms with Crippen LogP contribution in [0.25, 0.3) is 0 Å². The molecule has 0 unspecified atom stereocenters. The second-order valence-electron chi connectivity index (χ2n) is 3.31. The first-order valence-corrected chi connectivity index (χ1v) is 4.62. The highest BCUT2D eigenvalue weighted by atomic mass is 16.5. The molecule has 0 saturated carbocycles. The number of rotatable bonds is 5. The molecule has 0 radical (unpaired) electrons. The molecule has 96 valence electrons. The van der Waals surface area contributed by atoms with Crippen molar-refractivity contribution in [1.82, 2.24) is 5.32 Å². The summed E-state index contributed by atoms with van der Waals surface area (Å²) in [6, 6.07) is 0. The van der Waals surface area contributed by atoms with Gasteiger partial charge in [0.15, 0.2) is 11.9 Å². The van der Waals surface area contributed by atoms with Gasteiger partial charge in [0.25, 0.3) is 11.8 Å². The molecule has 0 bridgehead atoms. The molecule has 0 aliphatic carbocycles. The van der Waals surface area contributed by atoms with Gasteiger partial charge >= 0.3 is 0 Å². The van der Waals surface area contributed by atoms with Crippen molar-refractivity contribution in [3.63, 3.8) is 0 Å². The fraction of sp³-hybridized carbons (Fsp3) is 0.556. The van der Waals surface area contributed by atoms with Crippen molar-refractivity contribution >= 4 is 11.8 Å². The topological polar surface area (TPSA) is 120 Å². The van der Waals surface area contributed by atoms with E-state index in [-0.39, 0.29) is 11.5 Å². The monoisotopic (exact) mass is 246 g/mol. The maximum Gasteiger partial charge on any atom is 0.292 e. The summed E-state index contributed by atoms with van der Waals surface area (Å²) in [5, 5.41) is 12.4. The molecule has 8 heteroatoms. The highest BCUT2D eigenvalue weighted by molar-refractivity contribution is 5.97. The first-order chi connectivity index (χ1) is 7.92. The normalized spacial score (nSPS) is 25.5. The molecular weight excluding hydrogens is 232 g/mol. The molecule has 0 saturated heterocycles.